The first-order valence-electron chi connectivity index (χ1n) is 6.84. The lowest BCUT2D eigenvalue weighted by atomic mass is 9.77. The van der Waals surface area contributed by atoms with E-state index < -0.39 is 0 Å². The number of aryl methyl sites for hydroxylation is 1. The topological polar surface area (TPSA) is 38.0 Å². The van der Waals surface area contributed by atoms with E-state index in [9.17, 15) is 0 Å². The van der Waals surface area contributed by atoms with Crippen LogP contribution in [0.1, 0.15) is 49.8 Å². The lowest BCUT2D eigenvalue weighted by Gasteiger charge is -2.33. The summed E-state index contributed by atoms with van der Waals surface area (Å²) in [5, 5.41) is 0.830. The Hall–Kier alpha value is -0.570. The molecule has 0 aromatic heterocycles. The first kappa shape index (κ1) is 13.9. The van der Waals surface area contributed by atoms with Crippen molar-refractivity contribution >= 4 is 11.6 Å². The first-order valence-corrected chi connectivity index (χ1v) is 7.21. The van der Waals surface area contributed by atoms with Gasteiger partial charge in [0, 0.05) is 11.1 Å². The highest BCUT2D eigenvalue weighted by molar-refractivity contribution is 6.31. The molecule has 100 valence electrons. The van der Waals surface area contributed by atoms with Crippen molar-refractivity contribution in [2.75, 3.05) is 0 Å². The van der Waals surface area contributed by atoms with Gasteiger partial charge in [0.1, 0.15) is 0 Å². The highest BCUT2D eigenvalue weighted by Gasteiger charge is 2.27. The van der Waals surface area contributed by atoms with Crippen molar-refractivity contribution in [2.24, 2.45) is 17.7 Å². The van der Waals surface area contributed by atoms with Crippen LogP contribution in [-0.2, 0) is 0 Å². The second kappa shape index (κ2) is 6.05. The Morgan fingerprint density at radius 1 is 1.39 bits per heavy atom. The van der Waals surface area contributed by atoms with Gasteiger partial charge in [0.25, 0.3) is 0 Å². The van der Waals surface area contributed by atoms with Crippen molar-refractivity contribution in [3.05, 3.63) is 34.3 Å². The van der Waals surface area contributed by atoms with E-state index >= 15 is 0 Å². The molecule has 1 aromatic carbocycles. The average Bonchev–Trinajstić information content (AvgIpc) is 2.35. The lowest BCUT2D eigenvalue weighted by molar-refractivity contribution is 0.224. The molecule has 0 aliphatic heterocycles. The number of hydrazine groups is 1. The van der Waals surface area contributed by atoms with Crippen LogP contribution in [0.15, 0.2) is 18.2 Å². The van der Waals surface area contributed by atoms with Gasteiger partial charge in [-0.05, 0) is 48.8 Å². The molecule has 0 radical (unpaired) electrons. The highest BCUT2D eigenvalue weighted by Crippen LogP contribution is 2.37. The molecule has 1 aromatic rings. The van der Waals surface area contributed by atoms with Gasteiger partial charge in [-0.3, -0.25) is 11.3 Å². The molecule has 2 nitrogen and oxygen atoms in total. The number of hydrogen-bond donors (Lipinski definition) is 2. The fraction of sp³-hybridized carbons (Fsp3) is 0.600. The summed E-state index contributed by atoms with van der Waals surface area (Å²) in [4.78, 5) is 0. The third kappa shape index (κ3) is 3.05. The quantitative estimate of drug-likeness (QED) is 0.642. The predicted octanol–water partition coefficient (Wildman–Crippen LogP) is 3.98. The fourth-order valence-electron chi connectivity index (χ4n) is 3.09. The molecule has 3 unspecified atom stereocenters. The third-order valence-corrected chi connectivity index (χ3v) is 4.59. The van der Waals surface area contributed by atoms with Gasteiger partial charge in [-0.1, -0.05) is 43.5 Å². The molecule has 0 spiro atoms. The van der Waals surface area contributed by atoms with E-state index in [1.54, 1.807) is 0 Å². The molecule has 1 aliphatic carbocycles. The van der Waals surface area contributed by atoms with Gasteiger partial charge in [0.15, 0.2) is 0 Å². The Labute approximate surface area is 115 Å². The Kier molecular flexibility index (Phi) is 4.66. The largest absolute Gasteiger partial charge is 0.271 e. The molecule has 0 amide bonds. The Balaban J connectivity index is 2.18. The Morgan fingerprint density at radius 3 is 2.78 bits per heavy atom. The molecular formula is C15H23ClN2. The molecule has 2 rings (SSSR count). The summed E-state index contributed by atoms with van der Waals surface area (Å²) in [5.41, 5.74) is 5.33. The maximum atomic E-state index is 6.21. The maximum absolute atomic E-state index is 6.21. The Bertz CT molecular complexity index is 405. The van der Waals surface area contributed by atoms with E-state index in [1.165, 1.54) is 31.2 Å². The molecule has 3 atom stereocenters. The molecule has 0 heterocycles. The van der Waals surface area contributed by atoms with Gasteiger partial charge in [-0.15, -0.1) is 0 Å². The molecule has 1 saturated carbocycles. The normalized spacial score (nSPS) is 26.0. The SMILES string of the molecule is Cc1ccc(C(NN)C2CCCC(C)C2)cc1Cl. The van der Waals surface area contributed by atoms with E-state index in [4.69, 9.17) is 17.4 Å². The zero-order chi connectivity index (χ0) is 13.1. The fourth-order valence-corrected chi connectivity index (χ4v) is 3.28. The zero-order valence-corrected chi connectivity index (χ0v) is 12.0. The van der Waals surface area contributed by atoms with E-state index in [2.05, 4.69) is 30.5 Å². The second-order valence-electron chi connectivity index (χ2n) is 5.68. The van der Waals surface area contributed by atoms with Crippen LogP contribution in [0.2, 0.25) is 5.02 Å². The number of benzene rings is 1. The van der Waals surface area contributed by atoms with E-state index in [0.717, 1.165) is 16.5 Å². The van der Waals surface area contributed by atoms with Crippen molar-refractivity contribution in [1.29, 1.82) is 0 Å². The average molecular weight is 267 g/mol. The van der Waals surface area contributed by atoms with E-state index in [-0.39, 0.29) is 6.04 Å². The van der Waals surface area contributed by atoms with Gasteiger partial charge in [-0.25, -0.2) is 0 Å². The summed E-state index contributed by atoms with van der Waals surface area (Å²) in [6.45, 7) is 4.36. The minimum atomic E-state index is 0.228. The summed E-state index contributed by atoms with van der Waals surface area (Å²) in [5.74, 6) is 7.20. The van der Waals surface area contributed by atoms with Gasteiger partial charge >= 0.3 is 0 Å². The minimum absolute atomic E-state index is 0.228. The molecule has 3 heteroatoms. The van der Waals surface area contributed by atoms with Crippen LogP contribution in [-0.4, -0.2) is 0 Å². The number of nitrogens with one attached hydrogen (secondary N) is 1. The summed E-state index contributed by atoms with van der Waals surface area (Å²) < 4.78 is 0. The molecule has 3 N–H and O–H groups in total. The van der Waals surface area contributed by atoms with Crippen molar-refractivity contribution < 1.29 is 0 Å². The van der Waals surface area contributed by atoms with Crippen molar-refractivity contribution in [2.45, 2.75) is 45.6 Å². The third-order valence-electron chi connectivity index (χ3n) is 4.18. The van der Waals surface area contributed by atoms with Crippen molar-refractivity contribution in [3.8, 4) is 0 Å². The van der Waals surface area contributed by atoms with Gasteiger partial charge in [-0.2, -0.15) is 0 Å². The monoisotopic (exact) mass is 266 g/mol. The maximum Gasteiger partial charge on any atom is 0.0488 e. The zero-order valence-electron chi connectivity index (χ0n) is 11.2. The van der Waals surface area contributed by atoms with E-state index in [1.807, 2.05) is 6.92 Å². The van der Waals surface area contributed by atoms with Crippen LogP contribution in [0.5, 0.6) is 0 Å². The molecular weight excluding hydrogens is 244 g/mol. The number of hydrogen-bond acceptors (Lipinski definition) is 2. The van der Waals surface area contributed by atoms with Gasteiger partial charge in [0.05, 0.1) is 0 Å². The first-order chi connectivity index (χ1) is 8.61. The summed E-state index contributed by atoms with van der Waals surface area (Å²) >= 11 is 6.21. The highest BCUT2D eigenvalue weighted by atomic mass is 35.5. The van der Waals surface area contributed by atoms with Crippen LogP contribution in [0.3, 0.4) is 0 Å². The minimum Gasteiger partial charge on any atom is -0.271 e. The smallest absolute Gasteiger partial charge is 0.0488 e. The van der Waals surface area contributed by atoms with Crippen LogP contribution < -0.4 is 11.3 Å². The number of rotatable bonds is 3. The number of halogens is 1. The molecule has 1 fully saturated rings. The van der Waals surface area contributed by atoms with E-state index in [0.29, 0.717) is 5.92 Å². The van der Waals surface area contributed by atoms with Crippen LogP contribution in [0.4, 0.5) is 0 Å². The van der Waals surface area contributed by atoms with Crippen LogP contribution in [0.25, 0.3) is 0 Å². The summed E-state index contributed by atoms with van der Waals surface area (Å²) in [7, 11) is 0. The van der Waals surface area contributed by atoms with Crippen LogP contribution in [0, 0.1) is 18.8 Å². The van der Waals surface area contributed by atoms with Gasteiger partial charge < -0.3 is 0 Å². The standard InChI is InChI=1S/C15H23ClN2/c1-10-4-3-5-12(8-10)15(18-17)13-7-6-11(2)14(16)9-13/h6-7,9-10,12,15,18H,3-5,8,17H2,1-2H3. The second-order valence-corrected chi connectivity index (χ2v) is 6.09. The summed E-state index contributed by atoms with van der Waals surface area (Å²) in [6.07, 6.45) is 5.16. The molecule has 0 bridgehead atoms. The van der Waals surface area contributed by atoms with Gasteiger partial charge in [0.2, 0.25) is 0 Å². The lowest BCUT2D eigenvalue weighted by Crippen LogP contribution is -2.35. The Morgan fingerprint density at radius 2 is 2.17 bits per heavy atom. The molecule has 18 heavy (non-hydrogen) atoms. The van der Waals surface area contributed by atoms with Crippen LogP contribution >= 0.6 is 11.6 Å². The summed E-state index contributed by atoms with van der Waals surface area (Å²) in [6, 6.07) is 6.51. The predicted molar refractivity (Wildman–Crippen MR) is 77.4 cm³/mol. The molecule has 1 aliphatic rings. The van der Waals surface area contributed by atoms with Crippen molar-refractivity contribution in [3.63, 3.8) is 0 Å². The molecule has 0 saturated heterocycles. The number of nitrogens with two attached hydrogens (primary N) is 1. The van der Waals surface area contributed by atoms with Crippen molar-refractivity contribution in [1.82, 2.24) is 5.43 Å².